The van der Waals surface area contributed by atoms with Crippen molar-refractivity contribution < 1.29 is 4.79 Å². The molecular formula is C17H19BrN2OS. The van der Waals surface area contributed by atoms with Crippen LogP contribution in [0.1, 0.15) is 17.2 Å². The van der Waals surface area contributed by atoms with E-state index in [1.165, 1.54) is 5.56 Å². The topological polar surface area (TPSA) is 32.3 Å². The molecule has 0 fully saturated rings. The van der Waals surface area contributed by atoms with E-state index < -0.39 is 0 Å². The van der Waals surface area contributed by atoms with Crippen LogP contribution in [-0.2, 0) is 4.79 Å². The van der Waals surface area contributed by atoms with Crippen LogP contribution >= 0.6 is 27.3 Å². The summed E-state index contributed by atoms with van der Waals surface area (Å²) in [6, 6.07) is 10.1. The highest BCUT2D eigenvalue weighted by atomic mass is 79.9. The highest BCUT2D eigenvalue weighted by Crippen LogP contribution is 2.19. The number of nitrogens with one attached hydrogen (secondary N) is 1. The lowest BCUT2D eigenvalue weighted by Crippen LogP contribution is -2.33. The maximum absolute atomic E-state index is 12.0. The van der Waals surface area contributed by atoms with Crippen LogP contribution in [0.3, 0.4) is 0 Å². The van der Waals surface area contributed by atoms with Gasteiger partial charge in [0.2, 0.25) is 5.91 Å². The standard InChI is InChI=1S/C17H19BrN2OS/c1-20(2)16(14-9-10-22-12-14)11-19-17(21)8-5-13-3-6-15(18)7-4-13/h3-10,12,16H,11H2,1-2H3,(H,19,21). The van der Waals surface area contributed by atoms with Crippen molar-refractivity contribution in [3.8, 4) is 0 Å². The second kappa shape index (κ2) is 8.27. The molecule has 0 aliphatic rings. The molecule has 0 spiro atoms. The predicted molar refractivity (Wildman–Crippen MR) is 96.9 cm³/mol. The number of nitrogens with zero attached hydrogens (tertiary/aromatic N) is 1. The van der Waals surface area contributed by atoms with Crippen molar-refractivity contribution >= 4 is 39.2 Å². The number of hydrogen-bond acceptors (Lipinski definition) is 3. The Morgan fingerprint density at radius 1 is 1.32 bits per heavy atom. The number of likely N-dealkylation sites (N-methyl/N-ethyl adjacent to an activating group) is 1. The minimum atomic E-state index is -0.0787. The number of rotatable bonds is 6. The lowest BCUT2D eigenvalue weighted by Gasteiger charge is -2.23. The van der Waals surface area contributed by atoms with Crippen molar-refractivity contribution in [2.75, 3.05) is 20.6 Å². The van der Waals surface area contributed by atoms with Gasteiger partial charge in [0.15, 0.2) is 0 Å². The van der Waals surface area contributed by atoms with Gasteiger partial charge in [0.25, 0.3) is 0 Å². The van der Waals surface area contributed by atoms with E-state index in [0.29, 0.717) is 6.54 Å². The molecular weight excluding hydrogens is 360 g/mol. The van der Waals surface area contributed by atoms with Gasteiger partial charge in [-0.15, -0.1) is 0 Å². The highest BCUT2D eigenvalue weighted by Gasteiger charge is 2.14. The van der Waals surface area contributed by atoms with E-state index in [0.717, 1.165) is 10.0 Å². The molecule has 0 saturated heterocycles. The molecule has 2 aromatic rings. The molecule has 1 aromatic heterocycles. The number of thiophene rings is 1. The Bertz CT molecular complexity index is 621. The van der Waals surface area contributed by atoms with Crippen molar-refractivity contribution in [2.24, 2.45) is 0 Å². The van der Waals surface area contributed by atoms with Gasteiger partial charge >= 0.3 is 0 Å². The van der Waals surface area contributed by atoms with Crippen molar-refractivity contribution in [1.29, 1.82) is 0 Å². The van der Waals surface area contributed by atoms with Crippen LogP contribution in [0.5, 0.6) is 0 Å². The summed E-state index contributed by atoms with van der Waals surface area (Å²) in [4.78, 5) is 14.1. The van der Waals surface area contributed by atoms with Crippen LogP contribution in [0.25, 0.3) is 6.08 Å². The molecule has 1 N–H and O–H groups in total. The quantitative estimate of drug-likeness (QED) is 0.771. The normalized spacial score (nSPS) is 12.7. The molecule has 3 nitrogen and oxygen atoms in total. The summed E-state index contributed by atoms with van der Waals surface area (Å²) in [6.07, 6.45) is 3.39. The van der Waals surface area contributed by atoms with Gasteiger partial charge in [0.1, 0.15) is 0 Å². The minimum Gasteiger partial charge on any atom is -0.351 e. The van der Waals surface area contributed by atoms with Gasteiger partial charge in [-0.25, -0.2) is 0 Å². The molecule has 0 bridgehead atoms. The first-order valence-corrected chi connectivity index (χ1v) is 8.70. The Balaban J connectivity index is 1.90. The zero-order chi connectivity index (χ0) is 15.9. The lowest BCUT2D eigenvalue weighted by molar-refractivity contribution is -0.116. The third-order valence-electron chi connectivity index (χ3n) is 3.32. The fourth-order valence-electron chi connectivity index (χ4n) is 2.07. The van der Waals surface area contributed by atoms with E-state index in [4.69, 9.17) is 0 Å². The van der Waals surface area contributed by atoms with E-state index >= 15 is 0 Å². The second-order valence-electron chi connectivity index (χ2n) is 5.17. The monoisotopic (exact) mass is 378 g/mol. The Labute approximate surface area is 143 Å². The molecule has 116 valence electrons. The Kier molecular flexibility index (Phi) is 6.36. The number of hydrogen-bond donors (Lipinski definition) is 1. The van der Waals surface area contributed by atoms with Gasteiger partial charge in [-0.05, 0) is 60.3 Å². The molecule has 5 heteroatoms. The number of carbonyl (C=O) groups excluding carboxylic acids is 1. The van der Waals surface area contributed by atoms with Crippen LogP contribution in [0.15, 0.2) is 51.6 Å². The van der Waals surface area contributed by atoms with Crippen LogP contribution in [0.2, 0.25) is 0 Å². The third kappa shape index (κ3) is 5.09. The summed E-state index contributed by atoms with van der Waals surface area (Å²) < 4.78 is 1.03. The fraction of sp³-hybridized carbons (Fsp3) is 0.235. The third-order valence-corrected chi connectivity index (χ3v) is 4.55. The molecule has 1 aromatic carbocycles. The van der Waals surface area contributed by atoms with E-state index in [2.05, 4.69) is 43.0 Å². The van der Waals surface area contributed by atoms with Gasteiger partial charge in [-0.1, -0.05) is 28.1 Å². The first-order chi connectivity index (χ1) is 10.6. The van der Waals surface area contributed by atoms with Gasteiger partial charge in [0, 0.05) is 17.1 Å². The highest BCUT2D eigenvalue weighted by molar-refractivity contribution is 9.10. The summed E-state index contributed by atoms with van der Waals surface area (Å²) in [5.41, 5.74) is 2.23. The molecule has 0 aliphatic heterocycles. The van der Waals surface area contributed by atoms with E-state index in [-0.39, 0.29) is 11.9 Å². The lowest BCUT2D eigenvalue weighted by atomic mass is 10.1. The van der Waals surface area contributed by atoms with Crippen LogP contribution in [0.4, 0.5) is 0 Å². The summed E-state index contributed by atoms with van der Waals surface area (Å²) in [5.74, 6) is -0.0787. The van der Waals surface area contributed by atoms with Gasteiger partial charge in [-0.3, -0.25) is 4.79 Å². The van der Waals surface area contributed by atoms with Crippen LogP contribution in [0, 0.1) is 0 Å². The molecule has 2 rings (SSSR count). The van der Waals surface area contributed by atoms with Gasteiger partial charge in [0.05, 0.1) is 6.04 Å². The summed E-state index contributed by atoms with van der Waals surface area (Å²) in [6.45, 7) is 0.591. The zero-order valence-corrected chi connectivity index (χ0v) is 15.0. The Morgan fingerprint density at radius 3 is 2.64 bits per heavy atom. The average molecular weight is 379 g/mol. The van der Waals surface area contributed by atoms with E-state index in [1.54, 1.807) is 17.4 Å². The molecule has 22 heavy (non-hydrogen) atoms. The molecule has 1 atom stereocenters. The summed E-state index contributed by atoms with van der Waals surface area (Å²) >= 11 is 5.06. The van der Waals surface area contributed by atoms with Crippen molar-refractivity contribution in [1.82, 2.24) is 10.2 Å². The van der Waals surface area contributed by atoms with E-state index in [9.17, 15) is 4.79 Å². The van der Waals surface area contributed by atoms with Crippen molar-refractivity contribution in [3.63, 3.8) is 0 Å². The second-order valence-corrected chi connectivity index (χ2v) is 6.86. The van der Waals surface area contributed by atoms with Crippen LogP contribution < -0.4 is 5.32 Å². The van der Waals surface area contributed by atoms with Gasteiger partial charge < -0.3 is 10.2 Å². The molecule has 1 heterocycles. The molecule has 1 unspecified atom stereocenters. The maximum Gasteiger partial charge on any atom is 0.244 e. The largest absolute Gasteiger partial charge is 0.351 e. The first-order valence-electron chi connectivity index (χ1n) is 6.96. The minimum absolute atomic E-state index is 0.0787. The number of benzene rings is 1. The first kappa shape index (κ1) is 16.9. The molecule has 1 amide bonds. The number of amides is 1. The molecule has 0 aliphatic carbocycles. The fourth-order valence-corrected chi connectivity index (χ4v) is 3.04. The Hall–Kier alpha value is -1.43. The summed E-state index contributed by atoms with van der Waals surface area (Å²) in [5, 5.41) is 7.14. The predicted octanol–water partition coefficient (Wildman–Crippen LogP) is 3.94. The smallest absolute Gasteiger partial charge is 0.244 e. The number of carbonyl (C=O) groups is 1. The van der Waals surface area contributed by atoms with Crippen LogP contribution in [-0.4, -0.2) is 31.4 Å². The van der Waals surface area contributed by atoms with Crippen molar-refractivity contribution in [2.45, 2.75) is 6.04 Å². The average Bonchev–Trinajstić information content (AvgIpc) is 3.00. The molecule has 0 radical (unpaired) electrons. The molecule has 0 saturated carbocycles. The SMILES string of the molecule is CN(C)C(CNC(=O)C=Cc1ccc(Br)cc1)c1ccsc1. The van der Waals surface area contributed by atoms with Gasteiger partial charge in [-0.2, -0.15) is 11.3 Å². The number of halogens is 1. The maximum atomic E-state index is 12.0. The Morgan fingerprint density at radius 2 is 2.05 bits per heavy atom. The summed E-state index contributed by atoms with van der Waals surface area (Å²) in [7, 11) is 4.04. The zero-order valence-electron chi connectivity index (χ0n) is 12.6. The van der Waals surface area contributed by atoms with E-state index in [1.807, 2.05) is 44.4 Å². The van der Waals surface area contributed by atoms with Crippen molar-refractivity contribution in [3.05, 3.63) is 62.8 Å².